The first kappa shape index (κ1) is 13.3. The van der Waals surface area contributed by atoms with Crippen molar-refractivity contribution in [1.29, 1.82) is 0 Å². The van der Waals surface area contributed by atoms with Gasteiger partial charge in [0.15, 0.2) is 0 Å². The number of nitrogens with two attached hydrogens (primary N) is 1. The van der Waals surface area contributed by atoms with Gasteiger partial charge in [0.25, 0.3) is 0 Å². The number of nitrogen functional groups attached to an aromatic ring is 1. The zero-order chi connectivity index (χ0) is 11.8. The van der Waals surface area contributed by atoms with Gasteiger partial charge in [0, 0.05) is 6.20 Å². The molecule has 0 saturated carbocycles. The van der Waals surface area contributed by atoms with Crippen LogP contribution in [0, 0.1) is 0 Å². The average molecular weight is 241 g/mol. The number of hydrogen-bond acceptors (Lipinski definition) is 2. The summed E-state index contributed by atoms with van der Waals surface area (Å²) in [5.74, 6) is 0.623. The molecule has 0 radical (unpaired) electrons. The van der Waals surface area contributed by atoms with E-state index >= 15 is 0 Å². The number of aryl methyl sites for hydroxylation is 1. The highest BCUT2D eigenvalue weighted by Crippen LogP contribution is 2.17. The third-order valence-corrected chi connectivity index (χ3v) is 2.97. The first-order valence-corrected chi connectivity index (χ1v) is 6.51. The van der Waals surface area contributed by atoms with Crippen molar-refractivity contribution in [3.63, 3.8) is 0 Å². The minimum atomic E-state index is 0.623. The van der Waals surface area contributed by atoms with Crippen molar-refractivity contribution in [3.8, 4) is 0 Å². The van der Waals surface area contributed by atoms with Gasteiger partial charge in [0.2, 0.25) is 0 Å². The van der Waals surface area contributed by atoms with Gasteiger partial charge in [-0.2, -0.15) is 0 Å². The molecule has 0 aliphatic carbocycles. The Hall–Kier alpha value is -0.760. The zero-order valence-corrected chi connectivity index (χ0v) is 10.8. The third-order valence-electron chi connectivity index (χ3n) is 2.77. The molecule has 1 rings (SSSR count). The van der Waals surface area contributed by atoms with Crippen LogP contribution in [0.25, 0.3) is 0 Å². The van der Waals surface area contributed by atoms with Crippen LogP contribution < -0.4 is 5.73 Å². The molecule has 1 aromatic heterocycles. The summed E-state index contributed by atoms with van der Waals surface area (Å²) in [6.07, 6.45) is 10.3. The number of halogens is 1. The molecular weight excluding hydrogens is 220 g/mol. The molecule has 0 unspecified atom stereocenters. The van der Waals surface area contributed by atoms with E-state index in [1.165, 1.54) is 38.5 Å². The van der Waals surface area contributed by atoms with E-state index in [4.69, 9.17) is 17.3 Å². The van der Waals surface area contributed by atoms with Crippen molar-refractivity contribution in [1.82, 2.24) is 4.98 Å². The highest BCUT2D eigenvalue weighted by molar-refractivity contribution is 6.30. The molecule has 0 aromatic carbocycles. The monoisotopic (exact) mass is 240 g/mol. The first-order valence-electron chi connectivity index (χ1n) is 6.14. The van der Waals surface area contributed by atoms with E-state index in [9.17, 15) is 0 Å². The number of unbranched alkanes of at least 4 members (excludes halogenated alkanes) is 5. The maximum atomic E-state index is 5.88. The lowest BCUT2D eigenvalue weighted by atomic mass is 10.1. The molecule has 2 nitrogen and oxygen atoms in total. The van der Waals surface area contributed by atoms with Gasteiger partial charge >= 0.3 is 0 Å². The van der Waals surface area contributed by atoms with Gasteiger partial charge < -0.3 is 5.73 Å². The Morgan fingerprint density at radius 3 is 2.62 bits per heavy atom. The van der Waals surface area contributed by atoms with Gasteiger partial charge in [0.1, 0.15) is 5.82 Å². The van der Waals surface area contributed by atoms with E-state index in [1.54, 1.807) is 6.20 Å². The van der Waals surface area contributed by atoms with Crippen LogP contribution in [0.3, 0.4) is 0 Å². The highest BCUT2D eigenvalue weighted by atomic mass is 35.5. The number of pyridine rings is 1. The Morgan fingerprint density at radius 2 is 1.88 bits per heavy atom. The van der Waals surface area contributed by atoms with E-state index in [0.717, 1.165) is 12.0 Å². The second-order valence-electron chi connectivity index (χ2n) is 4.22. The summed E-state index contributed by atoms with van der Waals surface area (Å²) in [5, 5.41) is 0.676. The Labute approximate surface area is 103 Å². The van der Waals surface area contributed by atoms with Gasteiger partial charge in [-0.1, -0.05) is 50.6 Å². The van der Waals surface area contributed by atoms with E-state index < -0.39 is 0 Å². The molecule has 1 heterocycles. The predicted molar refractivity (Wildman–Crippen MR) is 70.7 cm³/mol. The zero-order valence-electron chi connectivity index (χ0n) is 10.0. The Balaban J connectivity index is 2.23. The summed E-state index contributed by atoms with van der Waals surface area (Å²) < 4.78 is 0. The number of nitrogens with zero attached hydrogens (tertiary/aromatic N) is 1. The fraction of sp³-hybridized carbons (Fsp3) is 0.615. The van der Waals surface area contributed by atoms with Crippen molar-refractivity contribution in [2.75, 3.05) is 5.73 Å². The fourth-order valence-corrected chi connectivity index (χ4v) is 1.97. The van der Waals surface area contributed by atoms with Crippen LogP contribution in [0.15, 0.2) is 12.3 Å². The van der Waals surface area contributed by atoms with Crippen molar-refractivity contribution in [3.05, 3.63) is 22.8 Å². The molecule has 90 valence electrons. The summed E-state index contributed by atoms with van der Waals surface area (Å²) in [7, 11) is 0. The van der Waals surface area contributed by atoms with Gasteiger partial charge in [-0.3, -0.25) is 0 Å². The van der Waals surface area contributed by atoms with Crippen LogP contribution in [-0.2, 0) is 6.42 Å². The average Bonchev–Trinajstić information content (AvgIpc) is 2.28. The molecule has 3 heteroatoms. The molecule has 0 spiro atoms. The lowest BCUT2D eigenvalue weighted by Gasteiger charge is -2.05. The minimum absolute atomic E-state index is 0.623. The molecule has 0 amide bonds. The van der Waals surface area contributed by atoms with E-state index in [0.29, 0.717) is 10.8 Å². The van der Waals surface area contributed by atoms with Gasteiger partial charge in [-0.05, 0) is 24.5 Å². The highest BCUT2D eigenvalue weighted by Gasteiger charge is 2.01. The Kier molecular flexibility index (Phi) is 6.24. The minimum Gasteiger partial charge on any atom is -0.383 e. The summed E-state index contributed by atoms with van der Waals surface area (Å²) in [6.45, 7) is 2.23. The van der Waals surface area contributed by atoms with Crippen molar-refractivity contribution >= 4 is 17.4 Å². The number of rotatable bonds is 7. The molecule has 0 fully saturated rings. The first-order chi connectivity index (χ1) is 7.74. The second kappa shape index (κ2) is 7.50. The van der Waals surface area contributed by atoms with Crippen LogP contribution in [0.4, 0.5) is 5.82 Å². The Bertz CT molecular complexity index is 313. The fourth-order valence-electron chi connectivity index (χ4n) is 1.79. The molecule has 16 heavy (non-hydrogen) atoms. The molecule has 2 N–H and O–H groups in total. The predicted octanol–water partition coefficient (Wildman–Crippen LogP) is 4.22. The topological polar surface area (TPSA) is 38.9 Å². The largest absolute Gasteiger partial charge is 0.383 e. The maximum absolute atomic E-state index is 5.88. The summed E-state index contributed by atoms with van der Waals surface area (Å²) in [6, 6.07) is 1.93. The van der Waals surface area contributed by atoms with Crippen LogP contribution in [-0.4, -0.2) is 4.98 Å². The lowest BCUT2D eigenvalue weighted by molar-refractivity contribution is 0.607. The second-order valence-corrected chi connectivity index (χ2v) is 4.65. The van der Waals surface area contributed by atoms with Crippen molar-refractivity contribution in [2.45, 2.75) is 51.9 Å². The van der Waals surface area contributed by atoms with Crippen LogP contribution in [0.5, 0.6) is 0 Å². The van der Waals surface area contributed by atoms with Gasteiger partial charge in [-0.15, -0.1) is 0 Å². The maximum Gasteiger partial charge on any atom is 0.126 e. The number of anilines is 1. The smallest absolute Gasteiger partial charge is 0.126 e. The SMILES string of the molecule is CCCCCCCCc1cc(Cl)cnc1N. The Morgan fingerprint density at radius 1 is 1.19 bits per heavy atom. The van der Waals surface area contributed by atoms with E-state index in [-0.39, 0.29) is 0 Å². The van der Waals surface area contributed by atoms with E-state index in [1.807, 2.05) is 6.07 Å². The third kappa shape index (κ3) is 4.84. The summed E-state index contributed by atoms with van der Waals surface area (Å²) in [4.78, 5) is 4.05. The molecule has 1 aromatic rings. The van der Waals surface area contributed by atoms with Crippen LogP contribution >= 0.6 is 11.6 Å². The molecule has 0 aliphatic heterocycles. The summed E-state index contributed by atoms with van der Waals surface area (Å²) in [5.41, 5.74) is 6.87. The van der Waals surface area contributed by atoms with E-state index in [2.05, 4.69) is 11.9 Å². The quantitative estimate of drug-likeness (QED) is 0.725. The molecule has 0 atom stereocenters. The van der Waals surface area contributed by atoms with Crippen molar-refractivity contribution in [2.24, 2.45) is 0 Å². The van der Waals surface area contributed by atoms with Crippen LogP contribution in [0.2, 0.25) is 5.02 Å². The number of hydrogen-bond donors (Lipinski definition) is 1. The molecule has 0 aliphatic rings. The van der Waals surface area contributed by atoms with Crippen molar-refractivity contribution < 1.29 is 0 Å². The normalized spacial score (nSPS) is 10.6. The number of aromatic nitrogens is 1. The standard InChI is InChI=1S/C13H21ClN2/c1-2-3-4-5-6-7-8-11-9-12(14)10-16-13(11)15/h9-10H,2-8H2,1H3,(H2,15,16). The molecular formula is C13H21ClN2. The van der Waals surface area contributed by atoms with Gasteiger partial charge in [-0.25, -0.2) is 4.98 Å². The van der Waals surface area contributed by atoms with Gasteiger partial charge in [0.05, 0.1) is 5.02 Å². The summed E-state index contributed by atoms with van der Waals surface area (Å²) >= 11 is 5.88. The van der Waals surface area contributed by atoms with Crippen LogP contribution in [0.1, 0.15) is 51.0 Å². The molecule has 0 saturated heterocycles. The molecule has 0 bridgehead atoms. The lowest BCUT2D eigenvalue weighted by Crippen LogP contribution is -1.97.